The van der Waals surface area contributed by atoms with Crippen LogP contribution < -0.4 is 0 Å². The molecule has 3 aromatic rings. The fraction of sp³-hybridized carbons (Fsp3) is 0. The van der Waals surface area contributed by atoms with Gasteiger partial charge in [0.25, 0.3) is 0 Å². The quantitative estimate of drug-likeness (QED) is 0.597. The summed E-state index contributed by atoms with van der Waals surface area (Å²) in [4.78, 5) is 0. The first-order valence-corrected chi connectivity index (χ1v) is 4.79. The molecule has 0 unspecified atom stereocenters. The molecule has 0 bridgehead atoms. The van der Waals surface area contributed by atoms with Gasteiger partial charge in [-0.05, 0) is 22.9 Å². The van der Waals surface area contributed by atoms with Gasteiger partial charge in [-0.2, -0.15) is 0 Å². The summed E-state index contributed by atoms with van der Waals surface area (Å²) in [6, 6.07) is 14.5. The van der Waals surface area contributed by atoms with Crippen molar-refractivity contribution in [2.75, 3.05) is 0 Å². The van der Waals surface area contributed by atoms with Gasteiger partial charge in [0.05, 0.1) is 18.1 Å². The Balaban J connectivity index is 2.22. The topological polar surface area (TPSA) is 30.7 Å². The first-order chi connectivity index (χ1) is 7.43. The minimum Gasteiger partial charge on any atom is -0.221 e. The second-order valence-corrected chi connectivity index (χ2v) is 3.38. The van der Waals surface area contributed by atoms with Crippen molar-refractivity contribution in [3.63, 3.8) is 0 Å². The summed E-state index contributed by atoms with van der Waals surface area (Å²) in [6.07, 6.45) is 3.51. The van der Waals surface area contributed by atoms with Crippen molar-refractivity contribution in [3.05, 3.63) is 54.9 Å². The van der Waals surface area contributed by atoms with E-state index in [0.717, 1.165) is 5.69 Å². The van der Waals surface area contributed by atoms with Gasteiger partial charge in [-0.1, -0.05) is 35.5 Å². The highest BCUT2D eigenvalue weighted by Gasteiger charge is 1.98. The molecule has 0 aliphatic rings. The normalized spacial score (nSPS) is 10.7. The van der Waals surface area contributed by atoms with Gasteiger partial charge >= 0.3 is 0 Å². The van der Waals surface area contributed by atoms with Crippen LogP contribution in [0.1, 0.15) is 0 Å². The number of aromatic nitrogens is 3. The third kappa shape index (κ3) is 1.38. The van der Waals surface area contributed by atoms with E-state index in [4.69, 9.17) is 0 Å². The Kier molecular flexibility index (Phi) is 1.75. The molecule has 1 aromatic heterocycles. The van der Waals surface area contributed by atoms with Crippen molar-refractivity contribution in [3.8, 4) is 5.69 Å². The van der Waals surface area contributed by atoms with E-state index in [2.05, 4.69) is 34.6 Å². The monoisotopic (exact) mass is 195 g/mol. The summed E-state index contributed by atoms with van der Waals surface area (Å²) in [5.41, 5.74) is 1.03. The van der Waals surface area contributed by atoms with E-state index in [9.17, 15) is 0 Å². The highest BCUT2D eigenvalue weighted by atomic mass is 15.4. The zero-order valence-electron chi connectivity index (χ0n) is 8.04. The molecule has 72 valence electrons. The fourth-order valence-corrected chi connectivity index (χ4v) is 1.67. The van der Waals surface area contributed by atoms with Gasteiger partial charge in [0.15, 0.2) is 0 Å². The minimum absolute atomic E-state index is 1.03. The molecule has 15 heavy (non-hydrogen) atoms. The summed E-state index contributed by atoms with van der Waals surface area (Å²) in [7, 11) is 0. The van der Waals surface area contributed by atoms with Crippen LogP contribution in [0.5, 0.6) is 0 Å². The Hall–Kier alpha value is -2.16. The molecule has 0 saturated carbocycles. The Morgan fingerprint density at radius 3 is 2.60 bits per heavy atom. The predicted molar refractivity (Wildman–Crippen MR) is 58.9 cm³/mol. The molecule has 0 aliphatic carbocycles. The van der Waals surface area contributed by atoms with Gasteiger partial charge in [0.1, 0.15) is 0 Å². The minimum atomic E-state index is 1.03. The molecule has 1 heterocycles. The van der Waals surface area contributed by atoms with E-state index in [1.54, 1.807) is 10.9 Å². The number of hydrogen-bond acceptors (Lipinski definition) is 2. The second-order valence-electron chi connectivity index (χ2n) is 3.38. The van der Waals surface area contributed by atoms with Crippen molar-refractivity contribution in [2.24, 2.45) is 0 Å². The molecule has 0 aliphatic heterocycles. The SMILES string of the molecule is c1ccc2cc(-n3ccnn3)ccc2c1. The van der Waals surface area contributed by atoms with Gasteiger partial charge in [-0.15, -0.1) is 5.10 Å². The molecule has 0 N–H and O–H groups in total. The van der Waals surface area contributed by atoms with Crippen LogP contribution in [-0.2, 0) is 0 Å². The molecular weight excluding hydrogens is 186 g/mol. The zero-order chi connectivity index (χ0) is 10.1. The van der Waals surface area contributed by atoms with Crippen molar-refractivity contribution in [1.82, 2.24) is 15.0 Å². The number of benzene rings is 2. The lowest BCUT2D eigenvalue weighted by Gasteiger charge is -2.02. The van der Waals surface area contributed by atoms with Crippen LogP contribution in [0.4, 0.5) is 0 Å². The maximum absolute atomic E-state index is 3.96. The van der Waals surface area contributed by atoms with Crippen LogP contribution in [0.2, 0.25) is 0 Å². The molecule has 3 nitrogen and oxygen atoms in total. The summed E-state index contributed by atoms with van der Waals surface area (Å²) in [6.45, 7) is 0. The van der Waals surface area contributed by atoms with Crippen LogP contribution >= 0.6 is 0 Å². The smallest absolute Gasteiger partial charge is 0.0697 e. The van der Waals surface area contributed by atoms with E-state index in [1.807, 2.05) is 24.4 Å². The Labute approximate surface area is 87.0 Å². The van der Waals surface area contributed by atoms with Gasteiger partial charge in [0, 0.05) is 0 Å². The Morgan fingerprint density at radius 1 is 0.933 bits per heavy atom. The van der Waals surface area contributed by atoms with Gasteiger partial charge in [-0.25, -0.2) is 4.68 Å². The molecular formula is C12H9N3. The molecule has 2 aromatic carbocycles. The van der Waals surface area contributed by atoms with Crippen LogP contribution in [0.25, 0.3) is 16.5 Å². The summed E-state index contributed by atoms with van der Waals surface area (Å²) < 4.78 is 1.76. The Morgan fingerprint density at radius 2 is 1.80 bits per heavy atom. The van der Waals surface area contributed by atoms with Gasteiger partial charge < -0.3 is 0 Å². The van der Waals surface area contributed by atoms with E-state index >= 15 is 0 Å². The lowest BCUT2D eigenvalue weighted by Crippen LogP contribution is -1.94. The number of nitrogens with zero attached hydrogens (tertiary/aromatic N) is 3. The number of hydrogen-bond donors (Lipinski definition) is 0. The van der Waals surface area contributed by atoms with E-state index in [1.165, 1.54) is 10.8 Å². The van der Waals surface area contributed by atoms with E-state index < -0.39 is 0 Å². The first kappa shape index (κ1) is 8.17. The summed E-state index contributed by atoms with van der Waals surface area (Å²) in [5.74, 6) is 0. The Bertz CT molecular complexity index is 585. The predicted octanol–water partition coefficient (Wildman–Crippen LogP) is 2.42. The number of fused-ring (bicyclic) bond motifs is 1. The molecule has 0 atom stereocenters. The van der Waals surface area contributed by atoms with Crippen LogP contribution in [0, 0.1) is 0 Å². The standard InChI is InChI=1S/C12H9N3/c1-2-4-11-9-12(6-5-10(11)3-1)15-8-7-13-14-15/h1-9H. The molecule has 0 radical (unpaired) electrons. The van der Waals surface area contributed by atoms with Crippen LogP contribution in [0.3, 0.4) is 0 Å². The first-order valence-electron chi connectivity index (χ1n) is 4.79. The summed E-state index contributed by atoms with van der Waals surface area (Å²) >= 11 is 0. The maximum atomic E-state index is 3.96. The van der Waals surface area contributed by atoms with E-state index in [-0.39, 0.29) is 0 Å². The molecule has 3 rings (SSSR count). The van der Waals surface area contributed by atoms with Crippen molar-refractivity contribution in [1.29, 1.82) is 0 Å². The van der Waals surface area contributed by atoms with Gasteiger partial charge in [-0.3, -0.25) is 0 Å². The largest absolute Gasteiger partial charge is 0.221 e. The average molecular weight is 195 g/mol. The van der Waals surface area contributed by atoms with Crippen molar-refractivity contribution in [2.45, 2.75) is 0 Å². The molecule has 0 saturated heterocycles. The third-order valence-electron chi connectivity index (χ3n) is 2.42. The zero-order valence-corrected chi connectivity index (χ0v) is 8.04. The third-order valence-corrected chi connectivity index (χ3v) is 2.42. The lowest BCUT2D eigenvalue weighted by molar-refractivity contribution is 0.804. The molecule has 0 spiro atoms. The molecule has 0 amide bonds. The average Bonchev–Trinajstić information content (AvgIpc) is 2.82. The highest BCUT2D eigenvalue weighted by Crippen LogP contribution is 2.17. The molecule has 0 fully saturated rings. The lowest BCUT2D eigenvalue weighted by atomic mass is 10.1. The summed E-state index contributed by atoms with van der Waals surface area (Å²) in [5, 5.41) is 10.2. The van der Waals surface area contributed by atoms with Crippen LogP contribution in [0.15, 0.2) is 54.9 Å². The second kappa shape index (κ2) is 3.20. The van der Waals surface area contributed by atoms with E-state index in [0.29, 0.717) is 0 Å². The number of rotatable bonds is 1. The van der Waals surface area contributed by atoms with Gasteiger partial charge in [0.2, 0.25) is 0 Å². The van der Waals surface area contributed by atoms with Crippen LogP contribution in [-0.4, -0.2) is 15.0 Å². The highest BCUT2D eigenvalue weighted by molar-refractivity contribution is 5.84. The van der Waals surface area contributed by atoms with Crippen molar-refractivity contribution < 1.29 is 0 Å². The molecule has 3 heteroatoms. The maximum Gasteiger partial charge on any atom is 0.0697 e. The fourth-order valence-electron chi connectivity index (χ4n) is 1.67. The van der Waals surface area contributed by atoms with Crippen molar-refractivity contribution >= 4 is 10.8 Å².